The lowest BCUT2D eigenvalue weighted by Crippen LogP contribution is -2.32. The third-order valence-corrected chi connectivity index (χ3v) is 6.95. The van der Waals surface area contributed by atoms with Gasteiger partial charge in [-0.15, -0.1) is 0 Å². The summed E-state index contributed by atoms with van der Waals surface area (Å²) >= 11 is 0. The summed E-state index contributed by atoms with van der Waals surface area (Å²) in [4.78, 5) is 25.9. The number of carbonyl (C=O) groups is 2. The molecule has 0 saturated heterocycles. The third-order valence-electron chi connectivity index (χ3n) is 5.56. The molecule has 0 saturated carbocycles. The lowest BCUT2D eigenvalue weighted by molar-refractivity contribution is 0.0940. The average Bonchev–Trinajstić information content (AvgIpc) is 2.80. The maximum absolute atomic E-state index is 13.1. The number of hydrogen-bond acceptors (Lipinski definition) is 4. The molecule has 0 unspecified atom stereocenters. The van der Waals surface area contributed by atoms with Crippen LogP contribution in [-0.4, -0.2) is 26.3 Å². The zero-order valence-corrected chi connectivity index (χ0v) is 20.5. The van der Waals surface area contributed by atoms with Gasteiger partial charge >= 0.3 is 0 Å². The molecule has 3 rings (SSSR count). The molecule has 3 aromatic carbocycles. The van der Waals surface area contributed by atoms with E-state index >= 15 is 0 Å². The highest BCUT2D eigenvalue weighted by atomic mass is 32.2. The van der Waals surface area contributed by atoms with Crippen LogP contribution in [0.15, 0.2) is 71.6 Å². The van der Waals surface area contributed by atoms with Gasteiger partial charge in [-0.1, -0.05) is 42.8 Å². The van der Waals surface area contributed by atoms with Gasteiger partial charge in [-0.05, 0) is 69.2 Å². The van der Waals surface area contributed by atoms with Gasteiger partial charge in [-0.2, -0.15) is 0 Å². The van der Waals surface area contributed by atoms with E-state index in [4.69, 9.17) is 0 Å². The second-order valence-corrected chi connectivity index (χ2v) is 9.86. The van der Waals surface area contributed by atoms with Crippen LogP contribution in [0.1, 0.15) is 52.1 Å². The second kappa shape index (κ2) is 10.5. The van der Waals surface area contributed by atoms with Gasteiger partial charge in [-0.25, -0.2) is 8.42 Å². The molecule has 0 bridgehead atoms. The SMILES string of the molecule is CC[C@@H](C)NC(=O)c1ccccc1NC(=O)c1cccc(NS(=O)(=O)c2ccc(C)cc2)c1C. The van der Waals surface area contributed by atoms with Crippen LogP contribution in [0.3, 0.4) is 0 Å². The number of nitrogens with one attached hydrogen (secondary N) is 3. The van der Waals surface area contributed by atoms with Crippen molar-refractivity contribution in [1.82, 2.24) is 5.32 Å². The molecule has 2 amide bonds. The largest absolute Gasteiger partial charge is 0.350 e. The molecule has 0 aliphatic rings. The zero-order valence-electron chi connectivity index (χ0n) is 19.7. The summed E-state index contributed by atoms with van der Waals surface area (Å²) in [5.74, 6) is -0.723. The van der Waals surface area contributed by atoms with E-state index in [0.717, 1.165) is 12.0 Å². The Morgan fingerprint density at radius 2 is 1.44 bits per heavy atom. The van der Waals surface area contributed by atoms with Gasteiger partial charge in [0.2, 0.25) is 0 Å². The van der Waals surface area contributed by atoms with Gasteiger partial charge in [0.15, 0.2) is 0 Å². The number of benzene rings is 3. The number of para-hydroxylation sites is 1. The van der Waals surface area contributed by atoms with Gasteiger partial charge in [0.05, 0.1) is 21.8 Å². The normalized spacial score (nSPS) is 12.0. The smallest absolute Gasteiger partial charge is 0.261 e. The third kappa shape index (κ3) is 5.82. The molecule has 3 aromatic rings. The van der Waals surface area contributed by atoms with Crippen LogP contribution in [0.2, 0.25) is 0 Å². The molecule has 7 nitrogen and oxygen atoms in total. The Balaban J connectivity index is 1.85. The Bertz CT molecular complexity index is 1300. The summed E-state index contributed by atoms with van der Waals surface area (Å²) in [6.45, 7) is 7.43. The van der Waals surface area contributed by atoms with E-state index in [1.165, 1.54) is 12.1 Å². The van der Waals surface area contributed by atoms with E-state index in [0.29, 0.717) is 28.1 Å². The first-order valence-corrected chi connectivity index (χ1v) is 12.5. The van der Waals surface area contributed by atoms with Gasteiger partial charge in [0.1, 0.15) is 0 Å². The maximum Gasteiger partial charge on any atom is 0.261 e. The molecule has 0 spiro atoms. The minimum atomic E-state index is -3.82. The van der Waals surface area contributed by atoms with Crippen LogP contribution in [0.5, 0.6) is 0 Å². The molecule has 1 atom stereocenters. The standard InChI is InChI=1S/C26H29N3O4S/c1-5-18(3)27-26(31)22-9-6-7-11-24(22)28-25(30)21-10-8-12-23(19(21)4)29-34(32,33)20-15-13-17(2)14-16-20/h6-16,18,29H,5H2,1-4H3,(H,27,31)(H,28,30)/t18-/m1/s1. The zero-order chi connectivity index (χ0) is 24.9. The number of amides is 2. The van der Waals surface area contributed by atoms with E-state index < -0.39 is 15.9 Å². The van der Waals surface area contributed by atoms with Crippen molar-refractivity contribution < 1.29 is 18.0 Å². The fourth-order valence-corrected chi connectivity index (χ4v) is 4.42. The van der Waals surface area contributed by atoms with Crippen LogP contribution >= 0.6 is 0 Å². The summed E-state index contributed by atoms with van der Waals surface area (Å²) in [6, 6.07) is 18.1. The lowest BCUT2D eigenvalue weighted by Gasteiger charge is -2.16. The quantitative estimate of drug-likeness (QED) is 0.428. The summed E-state index contributed by atoms with van der Waals surface area (Å²) in [5.41, 5.74) is 2.74. The number of sulfonamides is 1. The summed E-state index contributed by atoms with van der Waals surface area (Å²) in [7, 11) is -3.82. The van der Waals surface area contributed by atoms with E-state index in [2.05, 4.69) is 15.4 Å². The molecule has 0 heterocycles. The van der Waals surface area contributed by atoms with E-state index in [1.54, 1.807) is 61.5 Å². The Morgan fingerprint density at radius 1 is 0.824 bits per heavy atom. The highest BCUT2D eigenvalue weighted by Crippen LogP contribution is 2.24. The Morgan fingerprint density at radius 3 is 2.12 bits per heavy atom. The van der Waals surface area contributed by atoms with Crippen LogP contribution in [0.4, 0.5) is 11.4 Å². The molecule has 8 heteroatoms. The topological polar surface area (TPSA) is 104 Å². The van der Waals surface area contributed by atoms with Gasteiger partial charge in [0.25, 0.3) is 21.8 Å². The predicted molar refractivity (Wildman–Crippen MR) is 135 cm³/mol. The summed E-state index contributed by atoms with van der Waals surface area (Å²) in [6.07, 6.45) is 0.782. The number of hydrogen-bond donors (Lipinski definition) is 3. The highest BCUT2D eigenvalue weighted by molar-refractivity contribution is 7.92. The molecule has 0 aliphatic carbocycles. The van der Waals surface area contributed by atoms with Crippen molar-refractivity contribution in [2.24, 2.45) is 0 Å². The van der Waals surface area contributed by atoms with Crippen LogP contribution in [0.25, 0.3) is 0 Å². The number of carbonyl (C=O) groups excluding carboxylic acids is 2. The highest BCUT2D eigenvalue weighted by Gasteiger charge is 2.20. The molecule has 0 radical (unpaired) electrons. The maximum atomic E-state index is 13.1. The first-order valence-electron chi connectivity index (χ1n) is 11.0. The molecule has 0 aliphatic heterocycles. The van der Waals surface area contributed by atoms with Crippen molar-refractivity contribution in [2.75, 3.05) is 10.0 Å². The van der Waals surface area contributed by atoms with Crippen molar-refractivity contribution in [3.8, 4) is 0 Å². The number of rotatable bonds is 8. The van der Waals surface area contributed by atoms with Crippen LogP contribution in [-0.2, 0) is 10.0 Å². The van der Waals surface area contributed by atoms with Gasteiger partial charge in [-0.3, -0.25) is 14.3 Å². The van der Waals surface area contributed by atoms with E-state index in [-0.39, 0.29) is 16.8 Å². The minimum Gasteiger partial charge on any atom is -0.350 e. The Labute approximate surface area is 200 Å². The monoisotopic (exact) mass is 479 g/mol. The fraction of sp³-hybridized carbons (Fsp3) is 0.231. The molecule has 178 valence electrons. The Hall–Kier alpha value is -3.65. The van der Waals surface area contributed by atoms with Crippen LogP contribution < -0.4 is 15.4 Å². The predicted octanol–water partition coefficient (Wildman–Crippen LogP) is 4.88. The van der Waals surface area contributed by atoms with Crippen LogP contribution in [0, 0.1) is 13.8 Å². The number of anilines is 2. The van der Waals surface area contributed by atoms with E-state index in [9.17, 15) is 18.0 Å². The van der Waals surface area contributed by atoms with Gasteiger partial charge < -0.3 is 10.6 Å². The first kappa shape index (κ1) is 25.0. The van der Waals surface area contributed by atoms with Crippen molar-refractivity contribution in [1.29, 1.82) is 0 Å². The van der Waals surface area contributed by atoms with Gasteiger partial charge in [0, 0.05) is 11.6 Å². The van der Waals surface area contributed by atoms with E-state index in [1.807, 2.05) is 20.8 Å². The van der Waals surface area contributed by atoms with Crippen molar-refractivity contribution in [3.63, 3.8) is 0 Å². The molecule has 34 heavy (non-hydrogen) atoms. The summed E-state index contributed by atoms with van der Waals surface area (Å²) < 4.78 is 28.2. The first-order chi connectivity index (χ1) is 16.1. The molecule has 3 N–H and O–H groups in total. The minimum absolute atomic E-state index is 0.00302. The summed E-state index contributed by atoms with van der Waals surface area (Å²) in [5, 5.41) is 5.69. The fourth-order valence-electron chi connectivity index (χ4n) is 3.30. The molecule has 0 aromatic heterocycles. The average molecular weight is 480 g/mol. The van der Waals surface area contributed by atoms with Crippen molar-refractivity contribution in [2.45, 2.75) is 45.1 Å². The van der Waals surface area contributed by atoms with Crippen molar-refractivity contribution in [3.05, 3.63) is 89.0 Å². The lowest BCUT2D eigenvalue weighted by atomic mass is 10.1. The van der Waals surface area contributed by atoms with Crippen molar-refractivity contribution >= 4 is 33.2 Å². The molecular formula is C26H29N3O4S. The molecule has 0 fully saturated rings. The molecular weight excluding hydrogens is 450 g/mol. The number of aryl methyl sites for hydroxylation is 1. The second-order valence-electron chi connectivity index (χ2n) is 8.18. The Kier molecular flexibility index (Phi) is 7.73.